The van der Waals surface area contributed by atoms with Crippen molar-refractivity contribution in [1.82, 2.24) is 0 Å². The normalized spacial score (nSPS) is 15.2. The predicted octanol–water partition coefficient (Wildman–Crippen LogP) is 5.10. The van der Waals surface area contributed by atoms with Crippen molar-refractivity contribution < 1.29 is 14.0 Å². The molecule has 0 radical (unpaired) electrons. The van der Waals surface area contributed by atoms with Crippen LogP contribution >= 0.6 is 0 Å². The first-order chi connectivity index (χ1) is 10.3. The van der Waals surface area contributed by atoms with E-state index in [1.165, 1.54) is 18.2 Å². The summed E-state index contributed by atoms with van der Waals surface area (Å²) >= 11 is 0. The van der Waals surface area contributed by atoms with Crippen LogP contribution in [0.15, 0.2) is 18.2 Å². The van der Waals surface area contributed by atoms with Gasteiger partial charge in [-0.15, -0.1) is 0 Å². The molecule has 3 nitrogen and oxygen atoms in total. The second-order valence-corrected chi connectivity index (χ2v) is 12.9. The van der Waals surface area contributed by atoms with Crippen LogP contribution in [-0.4, -0.2) is 21.4 Å². The molecule has 1 aromatic carbocycles. The molecule has 0 saturated heterocycles. The number of esters is 1. The molecule has 0 aromatic heterocycles. The smallest absolute Gasteiger partial charge is 0.308 e. The third kappa shape index (κ3) is 4.92. The Balaban J connectivity index is 3.35. The van der Waals surface area contributed by atoms with Crippen molar-refractivity contribution in [3.63, 3.8) is 0 Å². The summed E-state index contributed by atoms with van der Waals surface area (Å²) in [6.07, 6.45) is 0.221. The zero-order valence-electron chi connectivity index (χ0n) is 16.2. The minimum Gasteiger partial charge on any atom is -0.469 e. The summed E-state index contributed by atoms with van der Waals surface area (Å²) in [7, 11) is -0.618. The molecule has 0 aliphatic carbocycles. The van der Waals surface area contributed by atoms with Gasteiger partial charge in [-0.25, -0.2) is 0 Å². The van der Waals surface area contributed by atoms with Crippen molar-refractivity contribution >= 4 is 14.3 Å². The molecule has 23 heavy (non-hydrogen) atoms. The highest BCUT2D eigenvalue weighted by atomic mass is 28.4. The Morgan fingerprint density at radius 3 is 1.91 bits per heavy atom. The zero-order chi connectivity index (χ0) is 18.1. The van der Waals surface area contributed by atoms with Crippen LogP contribution < -0.4 is 0 Å². The van der Waals surface area contributed by atoms with Crippen LogP contribution in [0.2, 0.25) is 18.1 Å². The lowest BCUT2D eigenvalue weighted by Gasteiger charge is -2.44. The van der Waals surface area contributed by atoms with Gasteiger partial charge in [-0.1, -0.05) is 50.1 Å². The number of hydrogen-bond donors (Lipinski definition) is 0. The lowest BCUT2D eigenvalue weighted by Crippen LogP contribution is -2.48. The lowest BCUT2D eigenvalue weighted by molar-refractivity contribution is -0.145. The average Bonchev–Trinajstić information content (AvgIpc) is 2.35. The molecule has 1 aromatic rings. The Kier molecular flexibility index (Phi) is 5.87. The van der Waals surface area contributed by atoms with Gasteiger partial charge in [-0.2, -0.15) is 0 Å². The molecule has 130 valence electrons. The highest BCUT2D eigenvalue weighted by Gasteiger charge is 2.44. The van der Waals surface area contributed by atoms with Crippen molar-refractivity contribution in [2.45, 2.75) is 71.7 Å². The van der Waals surface area contributed by atoms with Gasteiger partial charge in [-0.3, -0.25) is 4.79 Å². The maximum Gasteiger partial charge on any atom is 0.308 e. The van der Waals surface area contributed by atoms with Gasteiger partial charge in [0.15, 0.2) is 8.32 Å². The standard InChI is InChI=1S/C19H32O3Si/c1-14-10-15(2)12-16(11-14)19(6,13-17(20)21-7)22-23(8,9)18(3,4)5/h10-12H,13H2,1-9H3/t19-/m0/s1. The number of carbonyl (C=O) groups is 1. The molecule has 1 atom stereocenters. The molecule has 0 fully saturated rings. The summed E-state index contributed by atoms with van der Waals surface area (Å²) in [5.41, 5.74) is 2.72. The van der Waals surface area contributed by atoms with Gasteiger partial charge in [0.2, 0.25) is 0 Å². The van der Waals surface area contributed by atoms with Gasteiger partial charge in [0.05, 0.1) is 19.1 Å². The van der Waals surface area contributed by atoms with Crippen LogP contribution in [0.4, 0.5) is 0 Å². The van der Waals surface area contributed by atoms with Crippen LogP contribution in [-0.2, 0) is 19.6 Å². The topological polar surface area (TPSA) is 35.5 Å². The number of aryl methyl sites for hydroxylation is 2. The minimum atomic E-state index is -2.05. The Bertz CT molecular complexity index is 552. The van der Waals surface area contributed by atoms with E-state index < -0.39 is 13.9 Å². The van der Waals surface area contributed by atoms with E-state index >= 15 is 0 Å². The fourth-order valence-electron chi connectivity index (χ4n) is 2.54. The van der Waals surface area contributed by atoms with Gasteiger partial charge in [0, 0.05) is 0 Å². The van der Waals surface area contributed by atoms with Crippen LogP contribution in [0.5, 0.6) is 0 Å². The van der Waals surface area contributed by atoms with E-state index in [4.69, 9.17) is 9.16 Å². The maximum atomic E-state index is 12.0. The van der Waals surface area contributed by atoms with Gasteiger partial charge >= 0.3 is 5.97 Å². The van der Waals surface area contributed by atoms with Gasteiger partial charge in [0.25, 0.3) is 0 Å². The maximum absolute atomic E-state index is 12.0. The summed E-state index contributed by atoms with van der Waals surface area (Å²) in [5, 5.41) is 0.0727. The monoisotopic (exact) mass is 336 g/mol. The molecule has 1 rings (SSSR count). The first-order valence-electron chi connectivity index (χ1n) is 8.16. The number of methoxy groups -OCH3 is 1. The largest absolute Gasteiger partial charge is 0.469 e. The van der Waals surface area contributed by atoms with Crippen molar-refractivity contribution in [2.75, 3.05) is 7.11 Å². The SMILES string of the molecule is COC(=O)C[C@](C)(O[Si](C)(C)C(C)(C)C)c1cc(C)cc(C)c1. The van der Waals surface area contributed by atoms with Crippen molar-refractivity contribution in [3.8, 4) is 0 Å². The molecule has 0 aliphatic heterocycles. The Morgan fingerprint density at radius 1 is 1.04 bits per heavy atom. The van der Waals surface area contributed by atoms with E-state index in [0.29, 0.717) is 0 Å². The average molecular weight is 337 g/mol. The summed E-state index contributed by atoms with van der Waals surface area (Å²) < 4.78 is 11.6. The third-order valence-electron chi connectivity index (χ3n) is 4.83. The van der Waals surface area contributed by atoms with Crippen molar-refractivity contribution in [3.05, 3.63) is 34.9 Å². The number of rotatable bonds is 5. The summed E-state index contributed by atoms with van der Waals surface area (Å²) in [4.78, 5) is 12.0. The Hall–Kier alpha value is -1.13. The third-order valence-corrected chi connectivity index (χ3v) is 9.40. The molecule has 0 aliphatic rings. The molecule has 0 N–H and O–H groups in total. The van der Waals surface area contributed by atoms with Gasteiger partial charge in [0.1, 0.15) is 0 Å². The molecule has 0 saturated carbocycles. The van der Waals surface area contributed by atoms with Gasteiger partial charge < -0.3 is 9.16 Å². The zero-order valence-corrected chi connectivity index (χ0v) is 17.2. The Morgan fingerprint density at radius 2 is 1.52 bits per heavy atom. The van der Waals surface area contributed by atoms with E-state index in [9.17, 15) is 4.79 Å². The minimum absolute atomic E-state index is 0.0727. The second kappa shape index (κ2) is 6.77. The molecule has 0 heterocycles. The van der Waals surface area contributed by atoms with E-state index in [-0.39, 0.29) is 17.4 Å². The van der Waals surface area contributed by atoms with E-state index in [0.717, 1.165) is 5.56 Å². The quantitative estimate of drug-likeness (QED) is 0.554. The highest BCUT2D eigenvalue weighted by Crippen LogP contribution is 2.43. The molecule has 0 spiro atoms. The molecule has 0 amide bonds. The number of ether oxygens (including phenoxy) is 1. The molecule has 4 heteroatoms. The van der Waals surface area contributed by atoms with Gasteiger partial charge in [-0.05, 0) is 44.5 Å². The lowest BCUT2D eigenvalue weighted by atomic mass is 9.90. The Labute approximate surface area is 142 Å². The number of carbonyl (C=O) groups excluding carboxylic acids is 1. The molecule has 0 unspecified atom stereocenters. The fourth-order valence-corrected chi connectivity index (χ4v) is 4.16. The summed E-state index contributed by atoms with van der Waals surface area (Å²) in [6.45, 7) is 17.2. The van der Waals surface area contributed by atoms with Crippen LogP contribution in [0.3, 0.4) is 0 Å². The first-order valence-corrected chi connectivity index (χ1v) is 11.1. The fraction of sp³-hybridized carbons (Fsp3) is 0.632. The van der Waals surface area contributed by atoms with Crippen molar-refractivity contribution in [2.24, 2.45) is 0 Å². The predicted molar refractivity (Wildman–Crippen MR) is 98.2 cm³/mol. The van der Waals surface area contributed by atoms with Crippen LogP contribution in [0.25, 0.3) is 0 Å². The molecular weight excluding hydrogens is 304 g/mol. The molecule has 0 bridgehead atoms. The van der Waals surface area contributed by atoms with Crippen molar-refractivity contribution in [1.29, 1.82) is 0 Å². The summed E-state index contributed by atoms with van der Waals surface area (Å²) in [5.74, 6) is -0.245. The van der Waals surface area contributed by atoms with E-state index in [1.807, 2.05) is 6.92 Å². The number of hydrogen-bond acceptors (Lipinski definition) is 3. The second-order valence-electron chi connectivity index (χ2n) is 8.22. The van der Waals surface area contributed by atoms with Crippen LogP contribution in [0.1, 0.15) is 50.8 Å². The van der Waals surface area contributed by atoms with E-state index in [2.05, 4.69) is 65.9 Å². The summed E-state index contributed by atoms with van der Waals surface area (Å²) in [6, 6.07) is 6.36. The van der Waals surface area contributed by atoms with Crippen LogP contribution in [0, 0.1) is 13.8 Å². The highest BCUT2D eigenvalue weighted by molar-refractivity contribution is 6.74. The first kappa shape index (κ1) is 19.9. The molecular formula is C19H32O3Si. The number of benzene rings is 1. The van der Waals surface area contributed by atoms with E-state index in [1.54, 1.807) is 0 Å².